The first kappa shape index (κ1) is 72.9. The molecule has 27 heteroatoms. The van der Waals surface area contributed by atoms with E-state index in [-0.39, 0.29) is 101 Å². The molecule has 0 unspecified atom stereocenters. The standard InChI is InChI=1S/C71H85N13O14/c1-41(2)34-53(63(91)77-52(24-12-32-74-71(72)73)70(98)84-33-13-25-59(84)69(97)75-39-61(88)89)78-66(94)56(37-46-20-10-18-44-16-6-8-22-49(44)46)81-65(93)55(36-43-26-28-48(86)29-27-43)80-68(96)58(40-85)83-67(95)57(38-47-21-11-19-45-17-7-9-23-50(45)47)82-64(92)54(35-42-14-4-3-5-15-42)79-62(90)51-30-31-60(87)76-51/h3-11,14-23,26-29,41,51-59,85-86H,12-13,24-25,30-40H2,1-2H3,(H,75,97)(H,76,87)(H,77,91)(H,78,94)(H,79,90)(H,80,96)(H,81,93)(H,82,92)(H,83,95)(H,88,89)(H4,72,73,74)/t51-,52-,53-,54+,55-,56-,57-,58-,59-/m0/s1. The van der Waals surface area contributed by atoms with Gasteiger partial charge in [0.05, 0.1) is 6.61 Å². The summed E-state index contributed by atoms with van der Waals surface area (Å²) >= 11 is 0. The van der Waals surface area contributed by atoms with Crippen LogP contribution in [0.25, 0.3) is 21.5 Å². The molecule has 27 nitrogen and oxygen atoms in total. The number of carboxylic acids is 1. The van der Waals surface area contributed by atoms with Crippen LogP contribution in [0.15, 0.2) is 145 Å². The van der Waals surface area contributed by atoms with Crippen molar-refractivity contribution in [3.63, 3.8) is 0 Å². The quantitative estimate of drug-likeness (QED) is 0.0155. The van der Waals surface area contributed by atoms with Crippen molar-refractivity contribution in [2.75, 3.05) is 26.2 Å². The molecule has 518 valence electrons. The number of carboxylic acid groups (broad SMARTS) is 1. The number of nitrogens with two attached hydrogens (primary N) is 2. The molecule has 2 fully saturated rings. The zero-order valence-electron chi connectivity index (χ0n) is 54.5. The number of aliphatic hydroxyl groups excluding tert-OH is 1. The van der Waals surface area contributed by atoms with E-state index in [1.165, 1.54) is 29.2 Å². The number of phenols is 1. The Morgan fingerprint density at radius 2 is 1.04 bits per heavy atom. The highest BCUT2D eigenvalue weighted by molar-refractivity contribution is 6.00. The number of phenolic OH excluding ortho intramolecular Hbond substituents is 1. The van der Waals surface area contributed by atoms with E-state index in [2.05, 4.69) is 52.8 Å². The van der Waals surface area contributed by atoms with Crippen LogP contribution in [0.3, 0.4) is 0 Å². The first-order valence-electron chi connectivity index (χ1n) is 32.7. The minimum absolute atomic E-state index is 0.0117. The van der Waals surface area contributed by atoms with Gasteiger partial charge in [-0.15, -0.1) is 0 Å². The molecule has 0 aromatic heterocycles. The molecule has 8 rings (SSSR count). The maximum Gasteiger partial charge on any atom is 0.322 e. The van der Waals surface area contributed by atoms with Crippen LogP contribution >= 0.6 is 0 Å². The van der Waals surface area contributed by atoms with Crippen LogP contribution < -0.4 is 59.3 Å². The maximum atomic E-state index is 15.2. The summed E-state index contributed by atoms with van der Waals surface area (Å²) in [7, 11) is 0. The molecule has 98 heavy (non-hydrogen) atoms. The van der Waals surface area contributed by atoms with Crippen LogP contribution in [0.4, 0.5) is 0 Å². The van der Waals surface area contributed by atoms with Gasteiger partial charge in [-0.1, -0.05) is 141 Å². The van der Waals surface area contributed by atoms with Crippen molar-refractivity contribution >= 4 is 92.5 Å². The van der Waals surface area contributed by atoms with Crippen molar-refractivity contribution < 1.29 is 68.1 Å². The van der Waals surface area contributed by atoms with Gasteiger partial charge in [-0.2, -0.15) is 0 Å². The first-order chi connectivity index (χ1) is 47.0. The molecular weight excluding hydrogens is 1260 g/mol. The van der Waals surface area contributed by atoms with Crippen LogP contribution in [0.5, 0.6) is 5.75 Å². The molecule has 0 bridgehead atoms. The Bertz CT molecular complexity index is 3880. The van der Waals surface area contributed by atoms with E-state index in [1.807, 2.05) is 48.5 Å². The number of hydrogen-bond donors (Lipinski definition) is 14. The van der Waals surface area contributed by atoms with Crippen molar-refractivity contribution in [2.45, 2.75) is 139 Å². The summed E-state index contributed by atoms with van der Waals surface area (Å²) in [5.74, 6) is -9.55. The zero-order chi connectivity index (χ0) is 70.4. The molecule has 6 aromatic rings. The number of likely N-dealkylation sites (tertiary alicyclic amines) is 1. The topological polar surface area (TPSA) is 424 Å². The van der Waals surface area contributed by atoms with Gasteiger partial charge in [0.15, 0.2) is 5.96 Å². The van der Waals surface area contributed by atoms with E-state index in [0.717, 1.165) is 21.5 Å². The fourth-order valence-corrected chi connectivity index (χ4v) is 12.1. The van der Waals surface area contributed by atoms with Crippen molar-refractivity contribution in [3.8, 4) is 5.75 Å². The smallest absolute Gasteiger partial charge is 0.322 e. The molecule has 0 spiro atoms. The number of fused-ring (bicyclic) bond motifs is 2. The summed E-state index contributed by atoms with van der Waals surface area (Å²) in [4.78, 5) is 160. The number of aliphatic hydroxyl groups is 1. The molecule has 0 radical (unpaired) electrons. The lowest BCUT2D eigenvalue weighted by Crippen LogP contribution is -2.61. The second-order valence-corrected chi connectivity index (χ2v) is 24.9. The number of nitrogens with zero attached hydrogens (tertiary/aromatic N) is 2. The number of rotatable bonds is 33. The summed E-state index contributed by atoms with van der Waals surface area (Å²) in [5, 5.41) is 57.7. The molecule has 2 saturated heterocycles. The van der Waals surface area contributed by atoms with E-state index in [1.54, 1.807) is 80.6 Å². The maximum absolute atomic E-state index is 15.2. The predicted octanol–water partition coefficient (Wildman–Crippen LogP) is 0.925. The number of aliphatic carboxylic acids is 1. The summed E-state index contributed by atoms with van der Waals surface area (Å²) in [5.41, 5.74) is 13.4. The van der Waals surface area contributed by atoms with Gasteiger partial charge in [0.1, 0.15) is 66.7 Å². The zero-order valence-corrected chi connectivity index (χ0v) is 54.5. The molecule has 6 aromatic carbocycles. The number of guanidine groups is 1. The number of carbonyl (C=O) groups is 11. The lowest BCUT2D eigenvalue weighted by atomic mass is 9.96. The number of hydrogen-bond acceptors (Lipinski definition) is 14. The summed E-state index contributed by atoms with van der Waals surface area (Å²) in [6.07, 6.45) is 0.435. The second kappa shape index (κ2) is 35.2. The number of benzene rings is 6. The van der Waals surface area contributed by atoms with Crippen LogP contribution in [0.1, 0.15) is 81.0 Å². The fourth-order valence-electron chi connectivity index (χ4n) is 12.1. The van der Waals surface area contributed by atoms with Gasteiger partial charge in [-0.25, -0.2) is 0 Å². The Morgan fingerprint density at radius 3 is 1.57 bits per heavy atom. The van der Waals surface area contributed by atoms with Gasteiger partial charge in [-0.3, -0.25) is 57.7 Å². The van der Waals surface area contributed by atoms with Gasteiger partial charge in [-0.05, 0) is 100 Å². The predicted molar refractivity (Wildman–Crippen MR) is 364 cm³/mol. The van der Waals surface area contributed by atoms with Crippen molar-refractivity contribution in [1.82, 2.24) is 52.8 Å². The third-order valence-corrected chi connectivity index (χ3v) is 17.1. The third-order valence-electron chi connectivity index (χ3n) is 17.1. The van der Waals surface area contributed by atoms with Crippen molar-refractivity contribution in [2.24, 2.45) is 22.4 Å². The van der Waals surface area contributed by atoms with Crippen LogP contribution in [-0.4, -0.2) is 172 Å². The highest BCUT2D eigenvalue weighted by atomic mass is 16.4. The summed E-state index contributed by atoms with van der Waals surface area (Å²) in [6.45, 7) is 2.07. The summed E-state index contributed by atoms with van der Waals surface area (Å²) < 4.78 is 0. The molecule has 0 aliphatic carbocycles. The van der Waals surface area contributed by atoms with Crippen LogP contribution in [0.2, 0.25) is 0 Å². The Balaban J connectivity index is 1.07. The molecule has 2 aliphatic rings. The van der Waals surface area contributed by atoms with Gasteiger partial charge in [0.25, 0.3) is 0 Å². The molecule has 9 atom stereocenters. The Labute approximate surface area is 566 Å². The Hall–Kier alpha value is -11.0. The van der Waals surface area contributed by atoms with Crippen LogP contribution in [0, 0.1) is 5.92 Å². The minimum Gasteiger partial charge on any atom is -0.508 e. The SMILES string of the molecule is CC(C)C[C@H](NC(=O)[C@H](Cc1cccc2ccccc12)NC(=O)[C@H](Cc1ccc(O)cc1)NC(=O)[C@H](CO)NC(=O)[C@H](Cc1cccc2ccccc12)NC(=O)[C@@H](Cc1ccccc1)NC(=O)[C@@H]1CCC(=O)N1)C(=O)N[C@@H](CCCN=C(N)N)C(=O)N1CCC[C@H]1C(=O)NCC(=O)O. The van der Waals surface area contributed by atoms with E-state index in [4.69, 9.17) is 11.5 Å². The number of aromatic hydroxyl groups is 1. The van der Waals surface area contributed by atoms with E-state index < -0.39 is 127 Å². The van der Waals surface area contributed by atoms with Crippen molar-refractivity contribution in [1.29, 1.82) is 0 Å². The second-order valence-electron chi connectivity index (χ2n) is 24.9. The number of carbonyl (C=O) groups excluding carboxylic acids is 10. The monoisotopic (exact) mass is 1340 g/mol. The average Bonchev–Trinajstić information content (AvgIpc) is 1.75. The number of nitrogens with one attached hydrogen (secondary N) is 9. The number of aliphatic imine (C=N–C) groups is 1. The lowest BCUT2D eigenvalue weighted by molar-refractivity contribution is -0.143. The Morgan fingerprint density at radius 1 is 0.561 bits per heavy atom. The van der Waals surface area contributed by atoms with Gasteiger partial charge >= 0.3 is 5.97 Å². The normalized spacial score (nSPS) is 16.4. The molecule has 16 N–H and O–H groups in total. The molecule has 0 saturated carbocycles. The fraction of sp³-hybridized carbons (Fsp3) is 0.380. The Kier molecular flexibility index (Phi) is 26.1. The first-order valence-corrected chi connectivity index (χ1v) is 32.7. The molecular formula is C71H85N13O14. The largest absolute Gasteiger partial charge is 0.508 e. The number of amides is 10. The average molecular weight is 1340 g/mol. The van der Waals surface area contributed by atoms with Gasteiger partial charge < -0.3 is 79.5 Å². The third kappa shape index (κ3) is 20.8. The van der Waals surface area contributed by atoms with Gasteiger partial charge in [0, 0.05) is 45.2 Å². The molecule has 2 aliphatic heterocycles. The van der Waals surface area contributed by atoms with E-state index >= 15 is 9.59 Å². The van der Waals surface area contributed by atoms with Crippen LogP contribution in [-0.2, 0) is 78.4 Å². The van der Waals surface area contributed by atoms with E-state index in [0.29, 0.717) is 28.7 Å². The minimum atomic E-state index is -1.80. The van der Waals surface area contributed by atoms with Crippen molar-refractivity contribution in [3.05, 3.63) is 162 Å². The molecule has 2 heterocycles. The lowest BCUT2D eigenvalue weighted by Gasteiger charge is -2.30. The highest BCUT2D eigenvalue weighted by Gasteiger charge is 2.40. The molecule has 10 amide bonds. The van der Waals surface area contributed by atoms with Gasteiger partial charge in [0.2, 0.25) is 59.1 Å². The van der Waals surface area contributed by atoms with E-state index in [9.17, 15) is 58.5 Å². The summed E-state index contributed by atoms with van der Waals surface area (Å²) in [6, 6.07) is 27.7. The highest BCUT2D eigenvalue weighted by Crippen LogP contribution is 2.24.